The number of hydrogen-bond donors (Lipinski definition) is 3. The second kappa shape index (κ2) is 17.2. The topological polar surface area (TPSA) is 159 Å². The molecule has 0 saturated heterocycles. The first-order valence-corrected chi connectivity index (χ1v) is 22.0. The van der Waals surface area contributed by atoms with Crippen LogP contribution in [0.2, 0.25) is 0 Å². The van der Waals surface area contributed by atoms with Gasteiger partial charge in [0.25, 0.3) is 0 Å². The summed E-state index contributed by atoms with van der Waals surface area (Å²) in [4.78, 5) is 34.5. The summed E-state index contributed by atoms with van der Waals surface area (Å²) in [6, 6.07) is 12.4. The molecule has 0 unspecified atom stereocenters. The summed E-state index contributed by atoms with van der Waals surface area (Å²) in [7, 11) is -3.49. The number of ketones is 1. The van der Waals surface area contributed by atoms with Gasteiger partial charge in [-0.25, -0.2) is 13.4 Å². The smallest absolute Gasteiger partial charge is 0.232 e. The van der Waals surface area contributed by atoms with Crippen LogP contribution >= 0.6 is 0 Å². The fraction of sp³-hybridized carbons (Fsp3) is 0.512. The quantitative estimate of drug-likeness (QED) is 0.0903. The molecular weight excluding hydrogens is 727 g/mol. The maximum Gasteiger partial charge on any atom is 0.232 e. The van der Waals surface area contributed by atoms with Crippen molar-refractivity contribution in [2.75, 3.05) is 33.8 Å². The Kier molecular flexibility index (Phi) is 12.5. The zero-order chi connectivity index (χ0) is 40.2. The molecule has 1 fully saturated rings. The number of carbonyl (C=O) groups excluding carboxylic acids is 2. The number of carbonyl (C=O) groups is 2. The first kappa shape index (κ1) is 40.9. The van der Waals surface area contributed by atoms with Gasteiger partial charge >= 0.3 is 0 Å². The monoisotopic (exact) mass is 783 g/mol. The van der Waals surface area contributed by atoms with E-state index in [2.05, 4.69) is 40.8 Å². The zero-order valence-electron chi connectivity index (χ0n) is 33.7. The third-order valence-corrected chi connectivity index (χ3v) is 12.3. The number of aromatic nitrogens is 4. The SMILES string of the molecule is CCCCCCCCS(=O)(=O)Nc1ccc(-c2nc3/c(=C4/C(=O)C(c5ccc(N(CC)CC)cc5NC(=O)CC5CCCC5)=C4O)c(C(C)(C)C)nn3n2)cc1. The van der Waals surface area contributed by atoms with Crippen molar-refractivity contribution in [1.82, 2.24) is 19.8 Å². The van der Waals surface area contributed by atoms with Crippen molar-refractivity contribution >= 4 is 55.6 Å². The number of nitrogens with one attached hydrogen (secondary N) is 2. The maximum atomic E-state index is 14.3. The van der Waals surface area contributed by atoms with Crippen LogP contribution in [0.3, 0.4) is 0 Å². The molecular formula is C43H57N7O5S. The van der Waals surface area contributed by atoms with E-state index in [1.54, 1.807) is 30.3 Å². The molecule has 1 saturated carbocycles. The summed E-state index contributed by atoms with van der Waals surface area (Å²) in [6.45, 7) is 13.7. The number of allylic oxidation sites excluding steroid dienone is 2. The lowest BCUT2D eigenvalue weighted by Gasteiger charge is -2.27. The normalized spacial score (nSPS) is 16.1. The van der Waals surface area contributed by atoms with Gasteiger partial charge in [0, 0.05) is 47.4 Å². The Hall–Kier alpha value is -4.78. The van der Waals surface area contributed by atoms with Crippen LogP contribution in [0.15, 0.2) is 48.2 Å². The van der Waals surface area contributed by atoms with Crippen molar-refractivity contribution in [1.29, 1.82) is 0 Å². The highest BCUT2D eigenvalue weighted by Gasteiger charge is 2.40. The zero-order valence-corrected chi connectivity index (χ0v) is 34.6. The molecule has 0 bridgehead atoms. The van der Waals surface area contributed by atoms with Gasteiger partial charge in [-0.05, 0) is 81.5 Å². The number of aliphatic hydroxyl groups excluding tert-OH is 1. The van der Waals surface area contributed by atoms with Gasteiger partial charge in [-0.1, -0.05) is 72.6 Å². The van der Waals surface area contributed by atoms with E-state index in [0.29, 0.717) is 63.6 Å². The predicted octanol–water partition coefficient (Wildman–Crippen LogP) is 7.98. The number of fused-ring (bicyclic) bond motifs is 1. The molecule has 2 aliphatic carbocycles. The average Bonchev–Trinajstić information content (AvgIpc) is 3.90. The van der Waals surface area contributed by atoms with E-state index in [9.17, 15) is 23.1 Å². The number of nitrogens with zero attached hydrogens (tertiary/aromatic N) is 5. The van der Waals surface area contributed by atoms with Gasteiger partial charge in [-0.15, -0.1) is 9.73 Å². The number of Topliss-reactive ketones (excluding diaryl/α,β-unsaturated/α-hetero) is 1. The molecule has 12 nitrogen and oxygen atoms in total. The van der Waals surface area contributed by atoms with E-state index in [1.807, 2.05) is 32.9 Å². The number of anilines is 3. The van der Waals surface area contributed by atoms with Crippen molar-refractivity contribution in [2.24, 2.45) is 5.92 Å². The van der Waals surface area contributed by atoms with Crippen LogP contribution in [0, 0.1) is 5.92 Å². The number of hydrogen-bond acceptors (Lipinski definition) is 9. The minimum Gasteiger partial charge on any atom is -0.506 e. The second-order valence-electron chi connectivity index (χ2n) is 16.2. The molecule has 0 spiro atoms. The molecule has 13 heteroatoms. The van der Waals surface area contributed by atoms with Crippen molar-refractivity contribution < 1.29 is 23.1 Å². The fourth-order valence-corrected chi connectivity index (χ4v) is 9.03. The summed E-state index contributed by atoms with van der Waals surface area (Å²) in [6.07, 6.45) is 10.8. The molecule has 3 N–H and O–H groups in total. The van der Waals surface area contributed by atoms with Gasteiger partial charge in [0.2, 0.25) is 21.7 Å². The number of unbranched alkanes of at least 4 members (excludes halogenated alkanes) is 5. The Morgan fingerprint density at radius 3 is 2.25 bits per heavy atom. The van der Waals surface area contributed by atoms with Crippen molar-refractivity contribution in [3.63, 3.8) is 0 Å². The molecule has 300 valence electrons. The Morgan fingerprint density at radius 2 is 1.61 bits per heavy atom. The number of amides is 1. The minimum absolute atomic E-state index is 0.0709. The first-order chi connectivity index (χ1) is 26.7. The number of rotatable bonds is 17. The number of benzene rings is 2. The van der Waals surface area contributed by atoms with Gasteiger partial charge in [-0.3, -0.25) is 14.3 Å². The minimum atomic E-state index is -3.49. The van der Waals surface area contributed by atoms with Crippen LogP contribution in [0.25, 0.3) is 28.2 Å². The third kappa shape index (κ3) is 8.93. The summed E-state index contributed by atoms with van der Waals surface area (Å²) in [5.74, 6) is 0.111. The average molecular weight is 784 g/mol. The van der Waals surface area contributed by atoms with E-state index in [-0.39, 0.29) is 34.3 Å². The Morgan fingerprint density at radius 1 is 0.929 bits per heavy atom. The van der Waals surface area contributed by atoms with Crippen LogP contribution in [0.4, 0.5) is 17.1 Å². The van der Waals surface area contributed by atoms with E-state index < -0.39 is 15.4 Å². The van der Waals surface area contributed by atoms with Crippen LogP contribution < -0.4 is 20.2 Å². The number of aliphatic hydroxyl groups is 1. The molecule has 0 radical (unpaired) electrons. The molecule has 0 atom stereocenters. The fourth-order valence-electron chi connectivity index (χ4n) is 7.85. The molecule has 1 amide bonds. The van der Waals surface area contributed by atoms with Crippen molar-refractivity contribution in [2.45, 2.75) is 118 Å². The predicted molar refractivity (Wildman–Crippen MR) is 224 cm³/mol. The molecule has 4 aromatic rings. The van der Waals surface area contributed by atoms with E-state index in [4.69, 9.17) is 10.1 Å². The number of sulfonamides is 1. The molecule has 2 aromatic heterocycles. The largest absolute Gasteiger partial charge is 0.506 e. The molecule has 2 heterocycles. The summed E-state index contributed by atoms with van der Waals surface area (Å²) in [5.41, 5.74) is 3.55. The summed E-state index contributed by atoms with van der Waals surface area (Å²) in [5, 5.41) is 24.7. The highest BCUT2D eigenvalue weighted by atomic mass is 32.2. The van der Waals surface area contributed by atoms with Gasteiger partial charge in [0.15, 0.2) is 11.5 Å². The molecule has 56 heavy (non-hydrogen) atoms. The Balaban J connectivity index is 1.32. The Bertz CT molecular complexity index is 2260. The van der Waals surface area contributed by atoms with Gasteiger partial charge in [-0.2, -0.15) is 5.10 Å². The molecule has 0 aliphatic heterocycles. The van der Waals surface area contributed by atoms with Crippen molar-refractivity contribution in [3.8, 4) is 11.4 Å². The Labute approximate surface area is 330 Å². The van der Waals surface area contributed by atoms with Crippen molar-refractivity contribution in [3.05, 3.63) is 64.7 Å². The van der Waals surface area contributed by atoms with E-state index in [1.165, 1.54) is 11.1 Å². The molecule has 2 aromatic carbocycles. The lowest BCUT2D eigenvalue weighted by molar-refractivity contribution is -0.117. The molecule has 2 aliphatic rings. The highest BCUT2D eigenvalue weighted by molar-refractivity contribution is 7.92. The first-order valence-electron chi connectivity index (χ1n) is 20.3. The molecule has 6 rings (SSSR count). The van der Waals surface area contributed by atoms with Crippen LogP contribution in [-0.4, -0.2) is 63.9 Å². The lowest BCUT2D eigenvalue weighted by atomic mass is 9.79. The van der Waals surface area contributed by atoms with Crippen LogP contribution in [-0.2, 0) is 25.0 Å². The van der Waals surface area contributed by atoms with Gasteiger partial charge < -0.3 is 15.3 Å². The lowest BCUT2D eigenvalue weighted by Crippen LogP contribution is -2.32. The third-order valence-electron chi connectivity index (χ3n) is 10.9. The standard InChI is InChI=1S/C43H57N7O5S/c1-7-10-11-12-13-16-25-56(54,55)48-30-21-19-29(20-22-30)41-45-42-37(40(43(4,5)6)46-50(42)47-41)36-38(52)35(39(36)53)32-24-23-31(49(8-2)9-3)27-33(32)44-34(51)26-28-17-14-15-18-28/h19-24,27-28,48,52H,7-18,25-26H2,1-6H3,(H,44,51)/b37-36+. The highest BCUT2D eigenvalue weighted by Crippen LogP contribution is 2.42. The van der Waals surface area contributed by atoms with E-state index >= 15 is 0 Å². The second-order valence-corrected chi connectivity index (χ2v) is 18.1. The summed E-state index contributed by atoms with van der Waals surface area (Å²) >= 11 is 0. The maximum absolute atomic E-state index is 14.3. The summed E-state index contributed by atoms with van der Waals surface area (Å²) < 4.78 is 29.5. The van der Waals surface area contributed by atoms with E-state index in [0.717, 1.165) is 70.1 Å². The van der Waals surface area contributed by atoms with Gasteiger partial charge in [0.05, 0.1) is 33.5 Å². The van der Waals surface area contributed by atoms with Crippen LogP contribution in [0.1, 0.15) is 123 Å². The van der Waals surface area contributed by atoms with Gasteiger partial charge in [0.1, 0.15) is 5.76 Å². The van der Waals surface area contributed by atoms with Crippen LogP contribution in [0.5, 0.6) is 0 Å².